The van der Waals surface area contributed by atoms with E-state index < -0.39 is 22.4 Å². The Hall–Kier alpha value is -1.59. The van der Waals surface area contributed by atoms with Crippen molar-refractivity contribution in [2.24, 2.45) is 5.73 Å². The number of hydrogen-bond donors (Lipinski definition) is 1. The first-order valence-electron chi connectivity index (χ1n) is 5.71. The lowest BCUT2D eigenvalue weighted by Crippen LogP contribution is -2.01. The number of benzene rings is 2. The van der Waals surface area contributed by atoms with Gasteiger partial charge < -0.3 is 5.73 Å². The van der Waals surface area contributed by atoms with Crippen LogP contribution in [-0.2, 0) is 23.1 Å². The molecule has 2 rings (SSSR count). The lowest BCUT2D eigenvalue weighted by Gasteiger charge is -2.05. The summed E-state index contributed by atoms with van der Waals surface area (Å²) in [4.78, 5) is 0.388. The van der Waals surface area contributed by atoms with Crippen molar-refractivity contribution in [2.45, 2.75) is 17.2 Å². The molecule has 19 heavy (non-hydrogen) atoms. The average Bonchev–Trinajstić information content (AvgIpc) is 2.38. The zero-order valence-electron chi connectivity index (χ0n) is 10.1. The quantitative estimate of drug-likeness (QED) is 0.936. The van der Waals surface area contributed by atoms with Crippen LogP contribution in [0.3, 0.4) is 0 Å². The molecule has 0 bridgehead atoms. The molecule has 100 valence electrons. The normalized spacial score (nSPS) is 12.4. The molecular formula is C14H13F2NOS. The van der Waals surface area contributed by atoms with Crippen molar-refractivity contribution in [3.63, 3.8) is 0 Å². The van der Waals surface area contributed by atoms with Gasteiger partial charge in [0.05, 0.1) is 16.6 Å². The second-order valence-corrected chi connectivity index (χ2v) is 5.57. The summed E-state index contributed by atoms with van der Waals surface area (Å²) in [6.45, 7) is 0.220. The van der Waals surface area contributed by atoms with E-state index in [9.17, 15) is 13.0 Å². The van der Waals surface area contributed by atoms with E-state index in [-0.39, 0.29) is 12.3 Å². The molecule has 0 aliphatic rings. The molecule has 0 heterocycles. The van der Waals surface area contributed by atoms with Gasteiger partial charge in [-0.25, -0.2) is 8.78 Å². The minimum atomic E-state index is -1.41. The molecule has 0 aromatic heterocycles. The van der Waals surface area contributed by atoms with Crippen LogP contribution in [0.1, 0.15) is 11.1 Å². The Labute approximate surface area is 112 Å². The second-order valence-electron chi connectivity index (χ2n) is 4.12. The van der Waals surface area contributed by atoms with Crippen LogP contribution in [0.15, 0.2) is 47.4 Å². The van der Waals surface area contributed by atoms with Gasteiger partial charge in [0.2, 0.25) is 0 Å². The standard InChI is InChI=1S/C14H13F2NOS/c15-12-2-1-3-14(7-12)19(18)9-11-4-10(8-17)5-13(16)6-11/h1-7H,8-9,17H2. The van der Waals surface area contributed by atoms with Gasteiger partial charge in [0, 0.05) is 11.4 Å². The third kappa shape index (κ3) is 3.68. The summed E-state index contributed by atoms with van der Waals surface area (Å²) in [5.41, 5.74) is 6.69. The highest BCUT2D eigenvalue weighted by atomic mass is 32.2. The monoisotopic (exact) mass is 281 g/mol. The van der Waals surface area contributed by atoms with E-state index in [4.69, 9.17) is 5.73 Å². The molecular weight excluding hydrogens is 268 g/mol. The van der Waals surface area contributed by atoms with Gasteiger partial charge in [0.15, 0.2) is 0 Å². The molecule has 2 nitrogen and oxygen atoms in total. The van der Waals surface area contributed by atoms with E-state index in [1.807, 2.05) is 0 Å². The molecule has 0 spiro atoms. The van der Waals surface area contributed by atoms with Crippen molar-refractivity contribution < 1.29 is 13.0 Å². The molecule has 0 radical (unpaired) electrons. The van der Waals surface area contributed by atoms with Crippen LogP contribution >= 0.6 is 0 Å². The van der Waals surface area contributed by atoms with Crippen LogP contribution in [0.25, 0.3) is 0 Å². The Balaban J connectivity index is 2.21. The van der Waals surface area contributed by atoms with Crippen molar-refractivity contribution in [2.75, 3.05) is 0 Å². The van der Waals surface area contributed by atoms with Crippen LogP contribution in [0.4, 0.5) is 8.78 Å². The van der Waals surface area contributed by atoms with E-state index in [1.165, 1.54) is 30.3 Å². The SMILES string of the molecule is NCc1cc(F)cc(CS(=O)c2cccc(F)c2)c1. The zero-order valence-corrected chi connectivity index (χ0v) is 10.9. The maximum Gasteiger partial charge on any atom is 0.124 e. The largest absolute Gasteiger partial charge is 0.326 e. The fourth-order valence-corrected chi connectivity index (χ4v) is 2.87. The Kier molecular flexibility index (Phi) is 4.39. The van der Waals surface area contributed by atoms with Crippen molar-refractivity contribution in [3.05, 3.63) is 65.2 Å². The molecule has 1 unspecified atom stereocenters. The van der Waals surface area contributed by atoms with Crippen molar-refractivity contribution >= 4 is 10.8 Å². The predicted molar refractivity (Wildman–Crippen MR) is 70.8 cm³/mol. The third-order valence-electron chi connectivity index (χ3n) is 2.61. The highest BCUT2D eigenvalue weighted by Gasteiger charge is 2.08. The lowest BCUT2D eigenvalue weighted by atomic mass is 10.1. The van der Waals surface area contributed by atoms with Gasteiger partial charge in [0.1, 0.15) is 11.6 Å². The third-order valence-corrected chi connectivity index (χ3v) is 3.99. The van der Waals surface area contributed by atoms with E-state index in [0.29, 0.717) is 16.0 Å². The Morgan fingerprint density at radius 3 is 2.42 bits per heavy atom. The maximum absolute atomic E-state index is 13.3. The minimum absolute atomic E-state index is 0.133. The fourth-order valence-electron chi connectivity index (χ4n) is 1.76. The number of hydrogen-bond acceptors (Lipinski definition) is 2. The van der Waals surface area contributed by atoms with Crippen molar-refractivity contribution in [1.29, 1.82) is 0 Å². The zero-order chi connectivity index (χ0) is 13.8. The molecule has 0 saturated heterocycles. The molecule has 0 amide bonds. The van der Waals surface area contributed by atoms with Gasteiger partial charge in [-0.1, -0.05) is 12.1 Å². The van der Waals surface area contributed by atoms with Gasteiger partial charge in [-0.2, -0.15) is 0 Å². The van der Waals surface area contributed by atoms with Gasteiger partial charge in [-0.3, -0.25) is 4.21 Å². The topological polar surface area (TPSA) is 43.1 Å². The van der Waals surface area contributed by atoms with Crippen molar-refractivity contribution in [3.8, 4) is 0 Å². The summed E-state index contributed by atoms with van der Waals surface area (Å²) in [5, 5.41) is 0. The van der Waals surface area contributed by atoms with Crippen LogP contribution in [0.2, 0.25) is 0 Å². The van der Waals surface area contributed by atoms with Gasteiger partial charge in [0.25, 0.3) is 0 Å². The van der Waals surface area contributed by atoms with E-state index in [2.05, 4.69) is 0 Å². The second kappa shape index (κ2) is 6.04. The first-order valence-corrected chi connectivity index (χ1v) is 7.03. The smallest absolute Gasteiger partial charge is 0.124 e. The fraction of sp³-hybridized carbons (Fsp3) is 0.143. The molecule has 2 aromatic rings. The Bertz CT molecular complexity index is 616. The molecule has 1 atom stereocenters. The maximum atomic E-state index is 13.3. The molecule has 0 aliphatic heterocycles. The first kappa shape index (κ1) is 13.8. The molecule has 0 saturated carbocycles. The van der Waals surface area contributed by atoms with Gasteiger partial charge >= 0.3 is 0 Å². The average molecular weight is 281 g/mol. The number of nitrogens with two attached hydrogens (primary N) is 1. The molecule has 0 fully saturated rings. The Morgan fingerprint density at radius 2 is 1.74 bits per heavy atom. The van der Waals surface area contributed by atoms with Crippen LogP contribution in [-0.4, -0.2) is 4.21 Å². The lowest BCUT2D eigenvalue weighted by molar-refractivity contribution is 0.621. The van der Waals surface area contributed by atoms with Crippen LogP contribution in [0, 0.1) is 11.6 Å². The number of rotatable bonds is 4. The first-order chi connectivity index (χ1) is 9.08. The van der Waals surface area contributed by atoms with E-state index in [0.717, 1.165) is 0 Å². The Morgan fingerprint density at radius 1 is 1.00 bits per heavy atom. The van der Waals surface area contributed by atoms with Gasteiger partial charge in [-0.15, -0.1) is 0 Å². The summed E-state index contributed by atoms with van der Waals surface area (Å²) in [6, 6.07) is 9.96. The summed E-state index contributed by atoms with van der Waals surface area (Å²) < 4.78 is 38.4. The minimum Gasteiger partial charge on any atom is -0.326 e. The number of halogens is 2. The van der Waals surface area contributed by atoms with Crippen molar-refractivity contribution in [1.82, 2.24) is 0 Å². The summed E-state index contributed by atoms with van der Waals surface area (Å²) in [6.07, 6.45) is 0. The summed E-state index contributed by atoms with van der Waals surface area (Å²) in [5.74, 6) is -0.712. The summed E-state index contributed by atoms with van der Waals surface area (Å²) in [7, 11) is -1.41. The van der Waals surface area contributed by atoms with Gasteiger partial charge in [-0.05, 0) is 41.5 Å². The summed E-state index contributed by atoms with van der Waals surface area (Å²) >= 11 is 0. The highest BCUT2D eigenvalue weighted by Crippen LogP contribution is 2.16. The van der Waals surface area contributed by atoms with E-state index >= 15 is 0 Å². The molecule has 2 aromatic carbocycles. The molecule has 0 aliphatic carbocycles. The van der Waals surface area contributed by atoms with E-state index in [1.54, 1.807) is 12.1 Å². The van der Waals surface area contributed by atoms with Crippen LogP contribution < -0.4 is 5.73 Å². The molecule has 2 N–H and O–H groups in total. The molecule has 5 heteroatoms. The van der Waals surface area contributed by atoms with Crippen LogP contribution in [0.5, 0.6) is 0 Å². The predicted octanol–water partition coefficient (Wildman–Crippen LogP) is 2.73. The highest BCUT2D eigenvalue weighted by molar-refractivity contribution is 7.84.